The van der Waals surface area contributed by atoms with Crippen molar-refractivity contribution in [3.8, 4) is 17.0 Å². The van der Waals surface area contributed by atoms with Crippen LogP contribution in [0.3, 0.4) is 0 Å². The van der Waals surface area contributed by atoms with E-state index in [1.807, 2.05) is 23.1 Å². The molecule has 0 bridgehead atoms. The van der Waals surface area contributed by atoms with E-state index >= 15 is 0 Å². The number of benzene rings is 1. The third-order valence-corrected chi connectivity index (χ3v) is 6.93. The van der Waals surface area contributed by atoms with Crippen molar-refractivity contribution in [1.29, 1.82) is 0 Å². The molecule has 1 saturated heterocycles. The molecule has 2 aliphatic rings. The van der Waals surface area contributed by atoms with E-state index < -0.39 is 0 Å². The van der Waals surface area contributed by atoms with E-state index in [0.29, 0.717) is 17.2 Å². The molecule has 6 heteroatoms. The zero-order chi connectivity index (χ0) is 20.2. The van der Waals surface area contributed by atoms with Crippen LogP contribution < -0.4 is 0 Å². The van der Waals surface area contributed by atoms with E-state index in [2.05, 4.69) is 28.7 Å². The maximum Gasteiger partial charge on any atom is 0.245 e. The third kappa shape index (κ3) is 2.66. The van der Waals surface area contributed by atoms with Crippen LogP contribution in [0.25, 0.3) is 22.3 Å². The molecular formula is C23H24N4O2. The molecule has 2 atom stereocenters. The second-order valence-corrected chi connectivity index (χ2v) is 8.34. The van der Waals surface area contributed by atoms with Gasteiger partial charge in [0.1, 0.15) is 5.75 Å². The third-order valence-electron chi connectivity index (χ3n) is 6.93. The molecule has 1 spiro atoms. The molecule has 148 valence electrons. The van der Waals surface area contributed by atoms with Crippen molar-refractivity contribution in [3.63, 3.8) is 0 Å². The van der Waals surface area contributed by atoms with Gasteiger partial charge in [0, 0.05) is 35.7 Å². The lowest BCUT2D eigenvalue weighted by atomic mass is 9.58. The average molecular weight is 388 g/mol. The highest BCUT2D eigenvalue weighted by atomic mass is 16.3. The van der Waals surface area contributed by atoms with Crippen LogP contribution in [0.15, 0.2) is 43.0 Å². The molecule has 29 heavy (non-hydrogen) atoms. The fourth-order valence-electron chi connectivity index (χ4n) is 5.16. The van der Waals surface area contributed by atoms with Gasteiger partial charge in [-0.1, -0.05) is 18.7 Å². The van der Waals surface area contributed by atoms with Crippen LogP contribution in [-0.2, 0) is 4.79 Å². The minimum atomic E-state index is 0.0269. The number of phenolic OH excluding ortho intramolecular Hbond substituents is 1. The number of aryl methyl sites for hydroxylation is 1. The Kier molecular flexibility index (Phi) is 3.98. The van der Waals surface area contributed by atoms with Gasteiger partial charge in [-0.3, -0.25) is 4.79 Å². The SMILES string of the molecule is C=CC(=O)N1CCC2(CCC2c2[nH]c3nnc(-c4ccccc4O)cc3c2C)C1. The summed E-state index contributed by atoms with van der Waals surface area (Å²) in [5.74, 6) is 0.623. The molecule has 0 radical (unpaired) electrons. The molecule has 3 aromatic rings. The molecule has 2 N–H and O–H groups in total. The van der Waals surface area contributed by atoms with E-state index in [9.17, 15) is 9.90 Å². The van der Waals surface area contributed by atoms with Crippen LogP contribution in [0, 0.1) is 12.3 Å². The zero-order valence-electron chi connectivity index (χ0n) is 16.5. The van der Waals surface area contributed by atoms with E-state index in [1.165, 1.54) is 17.3 Å². The van der Waals surface area contributed by atoms with Gasteiger partial charge in [0.2, 0.25) is 5.91 Å². The molecule has 1 saturated carbocycles. The number of hydrogen-bond acceptors (Lipinski definition) is 4. The van der Waals surface area contributed by atoms with E-state index in [1.54, 1.807) is 12.1 Å². The molecule has 3 heterocycles. The number of nitrogens with zero attached hydrogens (tertiary/aromatic N) is 3. The summed E-state index contributed by atoms with van der Waals surface area (Å²) in [6, 6.07) is 9.18. The second kappa shape index (κ2) is 6.44. The maximum absolute atomic E-state index is 12.1. The molecule has 1 aliphatic heterocycles. The van der Waals surface area contributed by atoms with Crippen molar-refractivity contribution >= 4 is 16.9 Å². The van der Waals surface area contributed by atoms with Gasteiger partial charge in [-0.2, -0.15) is 0 Å². The Morgan fingerprint density at radius 3 is 2.90 bits per heavy atom. The van der Waals surface area contributed by atoms with Crippen molar-refractivity contribution < 1.29 is 9.90 Å². The fraction of sp³-hybridized carbons (Fsp3) is 0.348. The summed E-state index contributed by atoms with van der Waals surface area (Å²) in [5, 5.41) is 19.9. The van der Waals surface area contributed by atoms with Gasteiger partial charge < -0.3 is 15.0 Å². The van der Waals surface area contributed by atoms with Crippen molar-refractivity contribution in [3.05, 3.63) is 54.2 Å². The van der Waals surface area contributed by atoms with Gasteiger partial charge in [-0.05, 0) is 61.4 Å². The fourth-order valence-corrected chi connectivity index (χ4v) is 5.16. The number of aromatic nitrogens is 3. The number of likely N-dealkylation sites (tertiary alicyclic amines) is 1. The number of aromatic amines is 1. The number of fused-ring (bicyclic) bond motifs is 1. The van der Waals surface area contributed by atoms with Crippen LogP contribution in [0.1, 0.15) is 36.4 Å². The van der Waals surface area contributed by atoms with Crippen LogP contribution in [-0.4, -0.2) is 44.2 Å². The number of aromatic hydroxyl groups is 1. The first kappa shape index (κ1) is 17.9. The summed E-state index contributed by atoms with van der Waals surface area (Å²) in [6.45, 7) is 7.35. The van der Waals surface area contributed by atoms with E-state index in [-0.39, 0.29) is 17.1 Å². The summed E-state index contributed by atoms with van der Waals surface area (Å²) in [7, 11) is 0. The van der Waals surface area contributed by atoms with Gasteiger partial charge in [-0.25, -0.2) is 0 Å². The average Bonchev–Trinajstić information content (AvgIpc) is 3.31. The van der Waals surface area contributed by atoms with Gasteiger partial charge in [0.15, 0.2) is 5.65 Å². The Bertz CT molecular complexity index is 1140. The van der Waals surface area contributed by atoms with Crippen LogP contribution >= 0.6 is 0 Å². The number of rotatable bonds is 3. The summed E-state index contributed by atoms with van der Waals surface area (Å²) in [4.78, 5) is 17.5. The monoisotopic (exact) mass is 388 g/mol. The first-order valence-corrected chi connectivity index (χ1v) is 10.1. The highest BCUT2D eigenvalue weighted by Gasteiger charge is 2.52. The van der Waals surface area contributed by atoms with Crippen molar-refractivity contribution in [2.45, 2.75) is 32.1 Å². The Morgan fingerprint density at radius 1 is 1.34 bits per heavy atom. The number of phenols is 1. The quantitative estimate of drug-likeness (QED) is 0.666. The lowest BCUT2D eigenvalue weighted by Crippen LogP contribution is -2.42. The standard InChI is InChI=1S/C23H24N4O2/c1-3-20(29)27-11-10-23(13-27)9-8-17(23)21-14(2)16-12-18(25-26-22(16)24-21)15-6-4-5-7-19(15)28/h3-7,12,17,28H,1,8-11,13H2,2H3,(H,24,26). The van der Waals surface area contributed by atoms with Gasteiger partial charge in [0.25, 0.3) is 0 Å². The minimum absolute atomic E-state index is 0.0269. The first-order valence-electron chi connectivity index (χ1n) is 10.1. The number of H-pyrrole nitrogens is 1. The lowest BCUT2D eigenvalue weighted by molar-refractivity contribution is -0.125. The molecule has 2 fully saturated rings. The number of carbonyl (C=O) groups excluding carboxylic acids is 1. The van der Waals surface area contributed by atoms with E-state index in [0.717, 1.165) is 43.4 Å². The largest absolute Gasteiger partial charge is 0.507 e. The Morgan fingerprint density at radius 2 is 2.17 bits per heavy atom. The lowest BCUT2D eigenvalue weighted by Gasteiger charge is -2.47. The summed E-state index contributed by atoms with van der Waals surface area (Å²) >= 11 is 0. The summed E-state index contributed by atoms with van der Waals surface area (Å²) in [6.07, 6.45) is 4.70. The van der Waals surface area contributed by atoms with Crippen LogP contribution in [0.2, 0.25) is 0 Å². The normalized spacial score (nSPS) is 23.5. The highest BCUT2D eigenvalue weighted by Crippen LogP contribution is 2.58. The number of nitrogens with one attached hydrogen (secondary N) is 1. The van der Waals surface area contributed by atoms with Crippen molar-refractivity contribution in [2.75, 3.05) is 13.1 Å². The smallest absolute Gasteiger partial charge is 0.245 e. The van der Waals surface area contributed by atoms with E-state index in [4.69, 9.17) is 0 Å². The second-order valence-electron chi connectivity index (χ2n) is 8.34. The molecule has 1 aliphatic carbocycles. The van der Waals surface area contributed by atoms with Crippen LogP contribution in [0.5, 0.6) is 5.75 Å². The van der Waals surface area contributed by atoms with Gasteiger partial charge in [-0.15, -0.1) is 10.2 Å². The van der Waals surface area contributed by atoms with Crippen molar-refractivity contribution in [1.82, 2.24) is 20.1 Å². The Hall–Kier alpha value is -3.15. The summed E-state index contributed by atoms with van der Waals surface area (Å²) < 4.78 is 0. The minimum Gasteiger partial charge on any atom is -0.507 e. The topological polar surface area (TPSA) is 82.1 Å². The molecule has 2 unspecified atom stereocenters. The Balaban J connectivity index is 1.50. The molecule has 6 nitrogen and oxygen atoms in total. The predicted octanol–water partition coefficient (Wildman–Crippen LogP) is 3.92. The molecular weight excluding hydrogens is 364 g/mol. The van der Waals surface area contributed by atoms with Crippen molar-refractivity contribution in [2.24, 2.45) is 5.41 Å². The molecule has 1 amide bonds. The van der Waals surface area contributed by atoms with Gasteiger partial charge in [0.05, 0.1) is 5.69 Å². The maximum atomic E-state index is 12.1. The molecule has 2 aromatic heterocycles. The number of amides is 1. The molecule has 1 aromatic carbocycles. The number of para-hydroxylation sites is 1. The highest BCUT2D eigenvalue weighted by molar-refractivity contribution is 5.87. The van der Waals surface area contributed by atoms with Crippen LogP contribution in [0.4, 0.5) is 0 Å². The number of carbonyl (C=O) groups is 1. The Labute approximate surface area is 169 Å². The summed E-state index contributed by atoms with van der Waals surface area (Å²) in [5.41, 5.74) is 4.66. The number of hydrogen-bond donors (Lipinski definition) is 2. The molecule has 5 rings (SSSR count). The predicted molar refractivity (Wildman–Crippen MR) is 112 cm³/mol. The zero-order valence-corrected chi connectivity index (χ0v) is 16.5. The first-order chi connectivity index (χ1) is 14.0. The van der Waals surface area contributed by atoms with Gasteiger partial charge >= 0.3 is 0 Å².